The van der Waals surface area contributed by atoms with Crippen LogP contribution in [0.5, 0.6) is 5.75 Å². The second kappa shape index (κ2) is 8.59. The van der Waals surface area contributed by atoms with Gasteiger partial charge in [-0.15, -0.1) is 0 Å². The molecule has 5 nitrogen and oxygen atoms in total. The third kappa shape index (κ3) is 5.33. The van der Waals surface area contributed by atoms with Crippen LogP contribution in [-0.2, 0) is 4.79 Å². The number of ether oxygens (including phenoxy) is 1. The molecule has 0 spiro atoms. The van der Waals surface area contributed by atoms with Crippen LogP contribution in [-0.4, -0.2) is 18.6 Å². The van der Waals surface area contributed by atoms with Gasteiger partial charge in [-0.05, 0) is 44.2 Å². The normalized spacial score (nSPS) is 10.1. The Labute approximate surface area is 142 Å². The molecular formula is C19H21N3O2. The predicted octanol–water partition coefficient (Wildman–Crippen LogP) is 3.79. The molecular weight excluding hydrogens is 302 g/mol. The number of rotatable bonds is 7. The van der Waals surface area contributed by atoms with Crippen LogP contribution in [0.15, 0.2) is 48.5 Å². The maximum atomic E-state index is 12.1. The second-order valence-electron chi connectivity index (χ2n) is 5.58. The monoisotopic (exact) mass is 323 g/mol. The van der Waals surface area contributed by atoms with Gasteiger partial charge in [0.05, 0.1) is 23.4 Å². The molecule has 0 unspecified atom stereocenters. The van der Waals surface area contributed by atoms with Crippen LogP contribution in [0.2, 0.25) is 0 Å². The van der Waals surface area contributed by atoms with Gasteiger partial charge in [-0.3, -0.25) is 4.79 Å². The highest BCUT2D eigenvalue weighted by molar-refractivity contribution is 5.92. The van der Waals surface area contributed by atoms with E-state index in [1.807, 2.05) is 44.2 Å². The van der Waals surface area contributed by atoms with Crippen molar-refractivity contribution in [1.29, 1.82) is 5.26 Å². The first kappa shape index (κ1) is 17.4. The van der Waals surface area contributed by atoms with Crippen LogP contribution in [0.3, 0.4) is 0 Å². The summed E-state index contributed by atoms with van der Waals surface area (Å²) in [7, 11) is 0. The van der Waals surface area contributed by atoms with E-state index >= 15 is 0 Å². The molecule has 0 aliphatic heterocycles. The molecule has 0 saturated heterocycles. The number of nitrogens with one attached hydrogen (secondary N) is 2. The zero-order valence-corrected chi connectivity index (χ0v) is 13.9. The molecule has 0 saturated carbocycles. The highest BCUT2D eigenvalue weighted by Crippen LogP contribution is 2.24. The lowest BCUT2D eigenvalue weighted by molar-refractivity contribution is -0.116. The molecule has 0 aliphatic rings. The Morgan fingerprint density at radius 3 is 2.75 bits per heavy atom. The van der Waals surface area contributed by atoms with Crippen molar-refractivity contribution in [3.8, 4) is 11.8 Å². The Hall–Kier alpha value is -3.00. The first-order valence-corrected chi connectivity index (χ1v) is 7.88. The quantitative estimate of drug-likeness (QED) is 0.813. The number of hydrogen-bond acceptors (Lipinski definition) is 4. The molecule has 0 aromatic heterocycles. The fraction of sp³-hybridized carbons (Fsp3) is 0.263. The molecule has 0 bridgehead atoms. The molecule has 2 N–H and O–H groups in total. The summed E-state index contributed by atoms with van der Waals surface area (Å²) in [6.07, 6.45) is 0.351. The summed E-state index contributed by atoms with van der Waals surface area (Å²) < 4.78 is 5.68. The third-order valence-corrected chi connectivity index (χ3v) is 3.20. The Kier molecular flexibility index (Phi) is 6.21. The van der Waals surface area contributed by atoms with Crippen molar-refractivity contribution < 1.29 is 9.53 Å². The minimum atomic E-state index is -0.0984. The molecule has 0 heterocycles. The van der Waals surface area contributed by atoms with E-state index < -0.39 is 0 Å². The number of para-hydroxylation sites is 2. The van der Waals surface area contributed by atoms with Crippen LogP contribution >= 0.6 is 0 Å². The molecule has 0 fully saturated rings. The van der Waals surface area contributed by atoms with Gasteiger partial charge in [-0.25, -0.2) is 0 Å². The van der Waals surface area contributed by atoms with Gasteiger partial charge in [0.1, 0.15) is 5.75 Å². The SMILES string of the molecule is CC(C)Oc1ccccc1NC(=O)CCNc1cccc(C#N)c1. The number of nitrogens with zero attached hydrogens (tertiary/aromatic N) is 1. The number of anilines is 2. The lowest BCUT2D eigenvalue weighted by Crippen LogP contribution is -2.17. The molecule has 124 valence electrons. The predicted molar refractivity (Wildman–Crippen MR) is 95.1 cm³/mol. The molecule has 24 heavy (non-hydrogen) atoms. The summed E-state index contributed by atoms with van der Waals surface area (Å²) in [6, 6.07) is 16.6. The zero-order chi connectivity index (χ0) is 17.4. The van der Waals surface area contributed by atoms with Gasteiger partial charge in [0.2, 0.25) is 5.91 Å². The van der Waals surface area contributed by atoms with E-state index in [0.29, 0.717) is 30.0 Å². The summed E-state index contributed by atoms with van der Waals surface area (Å²) in [5.41, 5.74) is 2.08. The molecule has 0 atom stereocenters. The van der Waals surface area contributed by atoms with E-state index in [1.54, 1.807) is 18.2 Å². The fourth-order valence-electron chi connectivity index (χ4n) is 2.16. The molecule has 2 aromatic rings. The van der Waals surface area contributed by atoms with Crippen molar-refractivity contribution in [2.24, 2.45) is 0 Å². The molecule has 0 aliphatic carbocycles. The summed E-state index contributed by atoms with van der Waals surface area (Å²) in [5.74, 6) is 0.564. The topological polar surface area (TPSA) is 74.2 Å². The molecule has 2 rings (SSSR count). The van der Waals surface area contributed by atoms with Crippen molar-refractivity contribution in [2.75, 3.05) is 17.2 Å². The highest BCUT2D eigenvalue weighted by atomic mass is 16.5. The number of carbonyl (C=O) groups is 1. The first-order chi connectivity index (χ1) is 11.6. The van der Waals surface area contributed by atoms with E-state index in [9.17, 15) is 4.79 Å². The summed E-state index contributed by atoms with van der Waals surface area (Å²) in [4.78, 5) is 12.1. The van der Waals surface area contributed by atoms with Crippen molar-refractivity contribution >= 4 is 17.3 Å². The Balaban J connectivity index is 1.86. The van der Waals surface area contributed by atoms with Crippen LogP contribution in [0.1, 0.15) is 25.8 Å². The largest absolute Gasteiger partial charge is 0.489 e. The number of hydrogen-bond donors (Lipinski definition) is 2. The maximum Gasteiger partial charge on any atom is 0.226 e. The van der Waals surface area contributed by atoms with E-state index in [0.717, 1.165) is 5.69 Å². The number of nitriles is 1. The van der Waals surface area contributed by atoms with Crippen molar-refractivity contribution in [2.45, 2.75) is 26.4 Å². The van der Waals surface area contributed by atoms with E-state index in [1.165, 1.54) is 0 Å². The first-order valence-electron chi connectivity index (χ1n) is 7.88. The van der Waals surface area contributed by atoms with Crippen molar-refractivity contribution in [3.05, 3.63) is 54.1 Å². The Morgan fingerprint density at radius 2 is 2.00 bits per heavy atom. The summed E-state index contributed by atoms with van der Waals surface area (Å²) in [5, 5.41) is 14.9. The van der Waals surface area contributed by atoms with Gasteiger partial charge in [-0.1, -0.05) is 18.2 Å². The van der Waals surface area contributed by atoms with Crippen LogP contribution in [0.4, 0.5) is 11.4 Å². The standard InChI is InChI=1S/C19H21N3O2/c1-14(2)24-18-9-4-3-8-17(18)22-19(23)10-11-21-16-7-5-6-15(12-16)13-20/h3-9,12,14,21H,10-11H2,1-2H3,(H,22,23). The van der Waals surface area contributed by atoms with Crippen LogP contribution in [0, 0.1) is 11.3 Å². The average Bonchev–Trinajstić information content (AvgIpc) is 2.56. The van der Waals surface area contributed by atoms with E-state index in [-0.39, 0.29) is 12.0 Å². The average molecular weight is 323 g/mol. The number of amides is 1. The second-order valence-corrected chi connectivity index (χ2v) is 5.58. The fourth-order valence-corrected chi connectivity index (χ4v) is 2.16. The molecule has 5 heteroatoms. The molecule has 0 radical (unpaired) electrons. The van der Waals surface area contributed by atoms with Crippen molar-refractivity contribution in [1.82, 2.24) is 0 Å². The van der Waals surface area contributed by atoms with Gasteiger partial charge >= 0.3 is 0 Å². The van der Waals surface area contributed by atoms with Gasteiger partial charge in [0.15, 0.2) is 0 Å². The van der Waals surface area contributed by atoms with Gasteiger partial charge < -0.3 is 15.4 Å². The third-order valence-electron chi connectivity index (χ3n) is 3.20. The van der Waals surface area contributed by atoms with Crippen LogP contribution < -0.4 is 15.4 Å². The highest BCUT2D eigenvalue weighted by Gasteiger charge is 2.08. The van der Waals surface area contributed by atoms with Crippen molar-refractivity contribution in [3.63, 3.8) is 0 Å². The Bertz CT molecular complexity index is 735. The van der Waals surface area contributed by atoms with E-state index in [2.05, 4.69) is 16.7 Å². The van der Waals surface area contributed by atoms with Gasteiger partial charge in [-0.2, -0.15) is 5.26 Å². The minimum absolute atomic E-state index is 0.0390. The zero-order valence-electron chi connectivity index (χ0n) is 13.9. The Morgan fingerprint density at radius 1 is 1.21 bits per heavy atom. The number of benzene rings is 2. The number of carbonyl (C=O) groups excluding carboxylic acids is 1. The maximum absolute atomic E-state index is 12.1. The van der Waals surface area contributed by atoms with E-state index in [4.69, 9.17) is 10.00 Å². The lowest BCUT2D eigenvalue weighted by Gasteiger charge is -2.15. The molecule has 1 amide bonds. The van der Waals surface area contributed by atoms with Gasteiger partial charge in [0.25, 0.3) is 0 Å². The summed E-state index contributed by atoms with van der Waals surface area (Å²) in [6.45, 7) is 4.36. The van der Waals surface area contributed by atoms with Gasteiger partial charge in [0, 0.05) is 18.7 Å². The summed E-state index contributed by atoms with van der Waals surface area (Å²) >= 11 is 0. The molecule has 2 aromatic carbocycles. The lowest BCUT2D eigenvalue weighted by atomic mass is 10.2. The van der Waals surface area contributed by atoms with Crippen LogP contribution in [0.25, 0.3) is 0 Å². The smallest absolute Gasteiger partial charge is 0.226 e. The minimum Gasteiger partial charge on any atom is -0.489 e.